The molecule has 0 saturated heterocycles. The lowest BCUT2D eigenvalue weighted by molar-refractivity contribution is 0.628. The molecular weight excluding hydrogens is 330 g/mol. The minimum atomic E-state index is -0.419. The zero-order valence-corrected chi connectivity index (χ0v) is 10.9. The summed E-state index contributed by atoms with van der Waals surface area (Å²) < 4.78 is 14.3. The van der Waals surface area contributed by atoms with Crippen molar-refractivity contribution in [1.82, 2.24) is 0 Å². The van der Waals surface area contributed by atoms with Crippen LogP contribution < -0.4 is 5.32 Å². The van der Waals surface area contributed by atoms with E-state index in [4.69, 9.17) is 5.26 Å². The van der Waals surface area contributed by atoms with Crippen molar-refractivity contribution in [2.45, 2.75) is 0 Å². The van der Waals surface area contributed by atoms with Crippen LogP contribution in [0.1, 0.15) is 5.56 Å². The molecule has 2 aromatic rings. The van der Waals surface area contributed by atoms with Crippen molar-refractivity contribution in [1.29, 1.82) is 5.26 Å². The zero-order chi connectivity index (χ0) is 12.3. The van der Waals surface area contributed by atoms with Gasteiger partial charge in [0.1, 0.15) is 5.82 Å². The average Bonchev–Trinajstić information content (AvgIpc) is 2.31. The van der Waals surface area contributed by atoms with Crippen molar-refractivity contribution in [2.75, 3.05) is 5.32 Å². The van der Waals surface area contributed by atoms with Crippen molar-refractivity contribution >= 4 is 34.0 Å². The molecule has 0 aliphatic rings. The average molecular weight is 338 g/mol. The van der Waals surface area contributed by atoms with Gasteiger partial charge in [-0.25, -0.2) is 4.39 Å². The summed E-state index contributed by atoms with van der Waals surface area (Å²) in [6, 6.07) is 13.8. The lowest BCUT2D eigenvalue weighted by Gasteiger charge is -2.08. The third kappa shape index (κ3) is 2.94. The molecule has 2 rings (SSSR count). The molecule has 2 nitrogen and oxygen atoms in total. The number of para-hydroxylation sites is 1. The van der Waals surface area contributed by atoms with Gasteiger partial charge in [0.05, 0.1) is 17.3 Å². The molecule has 84 valence electrons. The molecule has 0 aliphatic heterocycles. The molecule has 0 aromatic heterocycles. The first-order valence-corrected chi connectivity index (χ1v) is 5.99. The SMILES string of the molecule is N#Cc1cc(F)cc(Nc2ccccc2I)c1. The maximum absolute atomic E-state index is 13.2. The third-order valence-electron chi connectivity index (χ3n) is 2.18. The summed E-state index contributed by atoms with van der Waals surface area (Å²) in [5.74, 6) is -0.419. The minimum Gasteiger partial charge on any atom is -0.355 e. The van der Waals surface area contributed by atoms with E-state index < -0.39 is 5.82 Å². The van der Waals surface area contributed by atoms with Gasteiger partial charge < -0.3 is 5.32 Å². The van der Waals surface area contributed by atoms with Crippen LogP contribution in [-0.2, 0) is 0 Å². The van der Waals surface area contributed by atoms with E-state index in [1.165, 1.54) is 12.1 Å². The van der Waals surface area contributed by atoms with Crippen LogP contribution in [0.3, 0.4) is 0 Å². The Hall–Kier alpha value is -1.61. The van der Waals surface area contributed by atoms with E-state index in [0.717, 1.165) is 9.26 Å². The summed E-state index contributed by atoms with van der Waals surface area (Å²) in [5, 5.41) is 11.9. The van der Waals surface area contributed by atoms with Crippen LogP contribution in [0.25, 0.3) is 0 Å². The predicted octanol–water partition coefficient (Wildman–Crippen LogP) is 4.05. The standard InChI is InChI=1S/C13H8FIN2/c14-10-5-9(8-16)6-11(7-10)17-13-4-2-1-3-12(13)15/h1-7,17H. The summed E-state index contributed by atoms with van der Waals surface area (Å²) in [6.45, 7) is 0. The van der Waals surface area contributed by atoms with E-state index in [0.29, 0.717) is 11.3 Å². The van der Waals surface area contributed by atoms with Gasteiger partial charge >= 0.3 is 0 Å². The van der Waals surface area contributed by atoms with Gasteiger partial charge in [0.15, 0.2) is 0 Å². The Morgan fingerprint density at radius 3 is 2.65 bits per heavy atom. The molecule has 0 spiro atoms. The highest BCUT2D eigenvalue weighted by molar-refractivity contribution is 14.1. The smallest absolute Gasteiger partial charge is 0.126 e. The highest BCUT2D eigenvalue weighted by Gasteiger charge is 2.02. The normalized spacial score (nSPS) is 9.71. The molecule has 1 N–H and O–H groups in total. The molecule has 0 radical (unpaired) electrons. The van der Waals surface area contributed by atoms with Gasteiger partial charge in [-0.05, 0) is 52.9 Å². The number of nitrogens with zero attached hydrogens (tertiary/aromatic N) is 1. The first-order valence-electron chi connectivity index (χ1n) is 4.91. The first-order chi connectivity index (χ1) is 8.19. The lowest BCUT2D eigenvalue weighted by Crippen LogP contribution is -1.94. The molecule has 0 heterocycles. The van der Waals surface area contributed by atoms with Gasteiger partial charge in [-0.3, -0.25) is 0 Å². The second kappa shape index (κ2) is 5.15. The largest absolute Gasteiger partial charge is 0.355 e. The van der Waals surface area contributed by atoms with Crippen LogP contribution in [0, 0.1) is 20.7 Å². The molecule has 4 heteroatoms. The van der Waals surface area contributed by atoms with Gasteiger partial charge in [0.25, 0.3) is 0 Å². The van der Waals surface area contributed by atoms with Crippen molar-refractivity contribution < 1.29 is 4.39 Å². The summed E-state index contributed by atoms with van der Waals surface area (Å²) >= 11 is 2.19. The van der Waals surface area contributed by atoms with Crippen LogP contribution in [0.2, 0.25) is 0 Å². The topological polar surface area (TPSA) is 35.8 Å². The molecule has 0 amide bonds. The van der Waals surface area contributed by atoms with Crippen LogP contribution in [0.15, 0.2) is 42.5 Å². The number of anilines is 2. The predicted molar refractivity (Wildman–Crippen MR) is 73.6 cm³/mol. The molecule has 0 fully saturated rings. The van der Waals surface area contributed by atoms with Crippen molar-refractivity contribution in [2.24, 2.45) is 0 Å². The highest BCUT2D eigenvalue weighted by atomic mass is 127. The Labute approximate surface area is 112 Å². The molecule has 17 heavy (non-hydrogen) atoms. The Bertz CT molecular complexity index is 590. The number of hydrogen-bond donors (Lipinski definition) is 1. The number of halogens is 2. The molecule has 0 aliphatic carbocycles. The Morgan fingerprint density at radius 2 is 1.94 bits per heavy atom. The quantitative estimate of drug-likeness (QED) is 0.839. The number of nitrogens with one attached hydrogen (secondary N) is 1. The number of nitriles is 1. The highest BCUT2D eigenvalue weighted by Crippen LogP contribution is 2.23. The van der Waals surface area contributed by atoms with Crippen LogP contribution in [0.5, 0.6) is 0 Å². The van der Waals surface area contributed by atoms with E-state index in [1.54, 1.807) is 6.07 Å². The Kier molecular flexibility index (Phi) is 3.59. The molecule has 0 unspecified atom stereocenters. The van der Waals surface area contributed by atoms with Crippen molar-refractivity contribution in [3.63, 3.8) is 0 Å². The number of rotatable bonds is 2. The third-order valence-corrected chi connectivity index (χ3v) is 3.12. The van der Waals surface area contributed by atoms with E-state index in [2.05, 4.69) is 27.9 Å². The lowest BCUT2D eigenvalue weighted by atomic mass is 10.2. The van der Waals surface area contributed by atoms with E-state index in [1.807, 2.05) is 30.3 Å². The second-order valence-electron chi connectivity index (χ2n) is 3.45. The summed E-state index contributed by atoms with van der Waals surface area (Å²) in [6.07, 6.45) is 0. The monoisotopic (exact) mass is 338 g/mol. The maximum Gasteiger partial charge on any atom is 0.126 e. The number of benzene rings is 2. The van der Waals surface area contributed by atoms with Gasteiger partial charge in [-0.15, -0.1) is 0 Å². The fraction of sp³-hybridized carbons (Fsp3) is 0. The maximum atomic E-state index is 13.2. The van der Waals surface area contributed by atoms with Gasteiger partial charge in [0.2, 0.25) is 0 Å². The van der Waals surface area contributed by atoms with Crippen molar-refractivity contribution in [3.05, 3.63) is 57.4 Å². The molecule has 0 saturated carbocycles. The molecule has 2 aromatic carbocycles. The van der Waals surface area contributed by atoms with E-state index in [-0.39, 0.29) is 0 Å². The van der Waals surface area contributed by atoms with E-state index in [9.17, 15) is 4.39 Å². The Morgan fingerprint density at radius 1 is 1.18 bits per heavy atom. The van der Waals surface area contributed by atoms with Gasteiger partial charge in [-0.1, -0.05) is 12.1 Å². The fourth-order valence-electron chi connectivity index (χ4n) is 1.44. The Balaban J connectivity index is 2.34. The summed E-state index contributed by atoms with van der Waals surface area (Å²) in [4.78, 5) is 0. The van der Waals surface area contributed by atoms with Crippen LogP contribution in [0.4, 0.5) is 15.8 Å². The number of hydrogen-bond acceptors (Lipinski definition) is 2. The van der Waals surface area contributed by atoms with Crippen molar-refractivity contribution in [3.8, 4) is 6.07 Å². The second-order valence-corrected chi connectivity index (χ2v) is 4.61. The summed E-state index contributed by atoms with van der Waals surface area (Å²) in [5.41, 5.74) is 1.77. The minimum absolute atomic E-state index is 0.304. The zero-order valence-electron chi connectivity index (χ0n) is 8.74. The molecule has 0 bridgehead atoms. The molecular formula is C13H8FIN2. The summed E-state index contributed by atoms with van der Waals surface area (Å²) in [7, 11) is 0. The van der Waals surface area contributed by atoms with Gasteiger partial charge in [0, 0.05) is 9.26 Å². The van der Waals surface area contributed by atoms with Gasteiger partial charge in [-0.2, -0.15) is 5.26 Å². The van der Waals surface area contributed by atoms with Crippen LogP contribution in [-0.4, -0.2) is 0 Å². The van der Waals surface area contributed by atoms with E-state index >= 15 is 0 Å². The molecule has 0 atom stereocenters. The first kappa shape index (κ1) is 11.9. The van der Waals surface area contributed by atoms with Crippen LogP contribution >= 0.6 is 22.6 Å². The fourth-order valence-corrected chi connectivity index (χ4v) is 1.97.